The molecule has 1 aromatic heterocycles. The second-order valence-corrected chi connectivity index (χ2v) is 5.89. The molecule has 0 aliphatic carbocycles. The largest absolute Gasteiger partial charge is 0.268 e. The van der Waals surface area contributed by atoms with E-state index < -0.39 is 17.6 Å². The predicted octanol–water partition coefficient (Wildman–Crippen LogP) is 3.79. The third kappa shape index (κ3) is 1.94. The Morgan fingerprint density at radius 2 is 1.58 bits per heavy atom. The van der Waals surface area contributed by atoms with Crippen molar-refractivity contribution in [3.8, 4) is 0 Å². The summed E-state index contributed by atoms with van der Waals surface area (Å²) in [6.45, 7) is 3.61. The Balaban J connectivity index is 1.98. The van der Waals surface area contributed by atoms with Gasteiger partial charge in [-0.2, -0.15) is 0 Å². The van der Waals surface area contributed by atoms with Crippen LogP contribution in [0.5, 0.6) is 0 Å². The Morgan fingerprint density at radius 1 is 0.917 bits per heavy atom. The molecule has 2 amide bonds. The number of carbonyl (C=O) groups is 2. The van der Waals surface area contributed by atoms with E-state index in [1.165, 1.54) is 18.2 Å². The molecule has 0 bridgehead atoms. The van der Waals surface area contributed by atoms with Gasteiger partial charge in [0.25, 0.3) is 11.8 Å². The van der Waals surface area contributed by atoms with E-state index in [9.17, 15) is 14.0 Å². The molecular formula is C19H13FN2O2. The Hall–Kier alpha value is -3.08. The lowest BCUT2D eigenvalue weighted by Gasteiger charge is -2.13. The third-order valence-corrected chi connectivity index (χ3v) is 4.25. The van der Waals surface area contributed by atoms with E-state index in [4.69, 9.17) is 0 Å². The molecule has 118 valence electrons. The first-order valence-corrected chi connectivity index (χ1v) is 7.52. The van der Waals surface area contributed by atoms with Gasteiger partial charge in [0.2, 0.25) is 0 Å². The van der Waals surface area contributed by atoms with Crippen LogP contribution in [-0.4, -0.2) is 16.8 Å². The summed E-state index contributed by atoms with van der Waals surface area (Å²) in [7, 11) is 0. The number of nitrogens with zero attached hydrogens (tertiary/aromatic N) is 2. The van der Waals surface area contributed by atoms with Crippen molar-refractivity contribution in [3.05, 3.63) is 70.7 Å². The summed E-state index contributed by atoms with van der Waals surface area (Å²) < 4.78 is 13.7. The number of amides is 2. The minimum atomic E-state index is -0.468. The maximum absolute atomic E-state index is 13.7. The maximum atomic E-state index is 13.7. The molecule has 0 fully saturated rings. The molecule has 0 saturated heterocycles. The number of anilines is 1. The number of benzene rings is 2. The molecule has 0 spiro atoms. The fourth-order valence-corrected chi connectivity index (χ4v) is 3.09. The Morgan fingerprint density at radius 3 is 2.29 bits per heavy atom. The zero-order valence-electron chi connectivity index (χ0n) is 13.1. The van der Waals surface area contributed by atoms with Crippen molar-refractivity contribution in [2.24, 2.45) is 0 Å². The molecule has 0 N–H and O–H groups in total. The molecule has 1 aliphatic rings. The van der Waals surface area contributed by atoms with Gasteiger partial charge in [-0.05, 0) is 44.2 Å². The van der Waals surface area contributed by atoms with Gasteiger partial charge < -0.3 is 0 Å². The topological polar surface area (TPSA) is 50.3 Å². The second kappa shape index (κ2) is 4.96. The van der Waals surface area contributed by atoms with E-state index in [1.54, 1.807) is 19.1 Å². The number of fused-ring (bicyclic) bond motifs is 3. The second-order valence-electron chi connectivity index (χ2n) is 5.89. The first-order valence-electron chi connectivity index (χ1n) is 7.52. The number of halogens is 1. The number of rotatable bonds is 1. The highest BCUT2D eigenvalue weighted by atomic mass is 19.1. The van der Waals surface area contributed by atoms with Gasteiger partial charge >= 0.3 is 0 Å². The zero-order valence-corrected chi connectivity index (χ0v) is 13.1. The summed E-state index contributed by atoms with van der Waals surface area (Å²) >= 11 is 0. The fourth-order valence-electron chi connectivity index (χ4n) is 3.09. The monoisotopic (exact) mass is 320 g/mol. The lowest BCUT2D eigenvalue weighted by atomic mass is 10.0. The van der Waals surface area contributed by atoms with Crippen LogP contribution >= 0.6 is 0 Å². The molecule has 24 heavy (non-hydrogen) atoms. The lowest BCUT2D eigenvalue weighted by Crippen LogP contribution is -2.29. The summed E-state index contributed by atoms with van der Waals surface area (Å²) in [5.41, 5.74) is 2.97. The molecule has 2 heterocycles. The quantitative estimate of drug-likeness (QED) is 0.641. The number of hydrogen-bond acceptors (Lipinski definition) is 3. The number of aromatic nitrogens is 1. The molecule has 5 heteroatoms. The third-order valence-electron chi connectivity index (χ3n) is 4.25. The molecule has 3 aromatic rings. The van der Waals surface area contributed by atoms with Crippen molar-refractivity contribution >= 4 is 28.4 Å². The van der Waals surface area contributed by atoms with Gasteiger partial charge in [-0.1, -0.05) is 17.7 Å². The summed E-state index contributed by atoms with van der Waals surface area (Å²) in [5.74, 6) is -1.33. The highest BCUT2D eigenvalue weighted by molar-refractivity contribution is 6.37. The van der Waals surface area contributed by atoms with Crippen molar-refractivity contribution in [2.45, 2.75) is 13.8 Å². The van der Waals surface area contributed by atoms with Crippen LogP contribution < -0.4 is 4.90 Å². The van der Waals surface area contributed by atoms with E-state index in [1.807, 2.05) is 19.1 Å². The van der Waals surface area contributed by atoms with Crippen molar-refractivity contribution in [1.29, 1.82) is 0 Å². The maximum Gasteiger partial charge on any atom is 0.268 e. The van der Waals surface area contributed by atoms with E-state index in [-0.39, 0.29) is 11.1 Å². The summed E-state index contributed by atoms with van der Waals surface area (Å²) in [6, 6.07) is 11.2. The Labute approximate surface area is 137 Å². The van der Waals surface area contributed by atoms with E-state index in [0.29, 0.717) is 22.3 Å². The molecule has 2 aromatic carbocycles. The van der Waals surface area contributed by atoms with Crippen molar-refractivity contribution in [2.75, 3.05) is 4.90 Å². The first-order chi connectivity index (χ1) is 11.5. The number of aryl methyl sites for hydroxylation is 2. The Bertz CT molecular complexity index is 1030. The molecular weight excluding hydrogens is 307 g/mol. The van der Waals surface area contributed by atoms with Crippen molar-refractivity contribution in [3.63, 3.8) is 0 Å². The van der Waals surface area contributed by atoms with Crippen LogP contribution in [-0.2, 0) is 0 Å². The standard InChI is InChI=1S/C19H13FN2O2/c1-10-3-6-13(7-4-10)22-18(23)16-11(2)21-15-8-5-12(20)9-14(15)17(16)19(22)24/h3-9H,1-2H3. The summed E-state index contributed by atoms with van der Waals surface area (Å²) in [6.07, 6.45) is 0. The normalized spacial score (nSPS) is 13.7. The van der Waals surface area contributed by atoms with Gasteiger partial charge in [0.15, 0.2) is 0 Å². The predicted molar refractivity (Wildman–Crippen MR) is 88.8 cm³/mol. The van der Waals surface area contributed by atoms with Gasteiger partial charge in [-0.15, -0.1) is 0 Å². The summed E-state index contributed by atoms with van der Waals surface area (Å²) in [5, 5.41) is 0.364. The molecule has 0 atom stereocenters. The van der Waals surface area contributed by atoms with Crippen LogP contribution in [0.25, 0.3) is 10.9 Å². The number of pyridine rings is 1. The minimum Gasteiger partial charge on any atom is -0.268 e. The highest BCUT2D eigenvalue weighted by Gasteiger charge is 2.40. The van der Waals surface area contributed by atoms with Gasteiger partial charge in [0, 0.05) is 5.39 Å². The molecule has 0 saturated carbocycles. The average Bonchev–Trinajstić information content (AvgIpc) is 2.81. The van der Waals surface area contributed by atoms with E-state index >= 15 is 0 Å². The highest BCUT2D eigenvalue weighted by Crippen LogP contribution is 2.34. The van der Waals surface area contributed by atoms with Crippen molar-refractivity contribution in [1.82, 2.24) is 4.98 Å². The first kappa shape index (κ1) is 14.5. The van der Waals surface area contributed by atoms with Gasteiger partial charge in [-0.3, -0.25) is 14.6 Å². The Kier molecular flexibility index (Phi) is 3.00. The van der Waals surface area contributed by atoms with Crippen LogP contribution in [0.1, 0.15) is 32.0 Å². The van der Waals surface area contributed by atoms with Gasteiger partial charge in [-0.25, -0.2) is 9.29 Å². The van der Waals surface area contributed by atoms with Gasteiger partial charge in [0.05, 0.1) is 28.0 Å². The molecule has 4 rings (SSSR count). The fraction of sp³-hybridized carbons (Fsp3) is 0.105. The van der Waals surface area contributed by atoms with Crippen LogP contribution in [0.15, 0.2) is 42.5 Å². The molecule has 0 unspecified atom stereocenters. The smallest absolute Gasteiger partial charge is 0.268 e. The minimum absolute atomic E-state index is 0.225. The van der Waals surface area contributed by atoms with Crippen LogP contribution in [0.4, 0.5) is 10.1 Å². The van der Waals surface area contributed by atoms with Crippen LogP contribution in [0.2, 0.25) is 0 Å². The van der Waals surface area contributed by atoms with Crippen molar-refractivity contribution < 1.29 is 14.0 Å². The molecule has 1 aliphatic heterocycles. The number of carbonyl (C=O) groups excluding carboxylic acids is 2. The number of imide groups is 1. The molecule has 0 radical (unpaired) electrons. The van der Waals surface area contributed by atoms with Gasteiger partial charge in [0.1, 0.15) is 5.82 Å². The van der Waals surface area contributed by atoms with E-state index in [0.717, 1.165) is 10.5 Å². The van der Waals surface area contributed by atoms with Crippen LogP contribution in [0, 0.1) is 19.7 Å². The molecule has 4 nitrogen and oxygen atoms in total. The zero-order chi connectivity index (χ0) is 17.0. The SMILES string of the molecule is Cc1ccc(N2C(=O)c3c(C)nc4ccc(F)cc4c3C2=O)cc1. The summed E-state index contributed by atoms with van der Waals surface area (Å²) in [4.78, 5) is 31.2. The number of hydrogen-bond donors (Lipinski definition) is 0. The lowest BCUT2D eigenvalue weighted by molar-refractivity contribution is 0.0926. The van der Waals surface area contributed by atoms with E-state index in [2.05, 4.69) is 4.98 Å². The average molecular weight is 320 g/mol. The van der Waals surface area contributed by atoms with Crippen LogP contribution in [0.3, 0.4) is 0 Å².